The van der Waals surface area contributed by atoms with E-state index in [1.165, 1.54) is 0 Å². The van der Waals surface area contributed by atoms with Crippen molar-refractivity contribution in [1.82, 2.24) is 0 Å². The van der Waals surface area contributed by atoms with Gasteiger partial charge in [0.25, 0.3) is 0 Å². The van der Waals surface area contributed by atoms with Crippen molar-refractivity contribution in [1.29, 1.82) is 0 Å². The summed E-state index contributed by atoms with van der Waals surface area (Å²) in [6, 6.07) is 0. The Balaban J connectivity index is 1.14. The molecule has 5 fully saturated rings. The lowest BCUT2D eigenvalue weighted by atomic mass is 9.44. The molecule has 0 amide bonds. The molecule has 9 heteroatoms. The van der Waals surface area contributed by atoms with Gasteiger partial charge in [-0.2, -0.15) is 0 Å². The van der Waals surface area contributed by atoms with Gasteiger partial charge >= 0.3 is 0 Å². The summed E-state index contributed by atoms with van der Waals surface area (Å²) < 4.78 is 11.7. The van der Waals surface area contributed by atoms with Crippen molar-refractivity contribution < 1.29 is 39.5 Å². The van der Waals surface area contributed by atoms with Gasteiger partial charge in [0.2, 0.25) is 0 Å². The normalized spacial score (nSPS) is 51.3. The number of aliphatic hydroxyl groups excluding tert-OH is 4. The Morgan fingerprint density at radius 1 is 1.02 bits per heavy atom. The van der Waals surface area contributed by atoms with Gasteiger partial charge in [0, 0.05) is 24.8 Å². The van der Waals surface area contributed by atoms with Gasteiger partial charge in [-0.05, 0) is 91.8 Å². The molecule has 15 atom stereocenters. The molecule has 0 bridgehead atoms. The van der Waals surface area contributed by atoms with Crippen LogP contribution in [-0.4, -0.2) is 87.7 Å². The summed E-state index contributed by atoms with van der Waals surface area (Å²) in [4.78, 5) is 31.9. The van der Waals surface area contributed by atoms with Gasteiger partial charge in [-0.15, -0.1) is 0 Å². The van der Waals surface area contributed by atoms with Crippen molar-refractivity contribution in [2.45, 2.75) is 122 Å². The molecular weight excluding hydrogens is 538 g/mol. The topological polar surface area (TPSA) is 146 Å². The van der Waals surface area contributed by atoms with Gasteiger partial charge in [-0.1, -0.05) is 27.7 Å². The molecule has 9 nitrogen and oxygen atoms in total. The van der Waals surface area contributed by atoms with E-state index < -0.39 is 37.3 Å². The Hall–Kier alpha value is -1.23. The van der Waals surface area contributed by atoms with Gasteiger partial charge in [0.1, 0.15) is 30.2 Å². The van der Waals surface area contributed by atoms with Gasteiger partial charge in [0.15, 0.2) is 12.1 Å². The second-order valence-corrected chi connectivity index (χ2v) is 15.3. The summed E-state index contributed by atoms with van der Waals surface area (Å²) in [5.41, 5.74) is 0.736. The zero-order valence-corrected chi connectivity index (χ0v) is 25.7. The Morgan fingerprint density at radius 3 is 2.43 bits per heavy atom. The van der Waals surface area contributed by atoms with Crippen LogP contribution in [0.15, 0.2) is 4.99 Å². The molecule has 0 spiro atoms. The molecule has 0 aromatic carbocycles. The maximum absolute atomic E-state index is 13.9. The molecule has 4 N–H and O–H groups in total. The summed E-state index contributed by atoms with van der Waals surface area (Å²) in [5, 5.41) is 40.3. The number of nitrogens with zero attached hydrogens (tertiary/aromatic N) is 1. The molecule has 0 unspecified atom stereocenters. The van der Waals surface area contributed by atoms with Crippen LogP contribution in [0.5, 0.6) is 0 Å². The van der Waals surface area contributed by atoms with Crippen molar-refractivity contribution in [3.05, 3.63) is 0 Å². The highest BCUT2D eigenvalue weighted by atomic mass is 16.7. The molecule has 42 heavy (non-hydrogen) atoms. The van der Waals surface area contributed by atoms with E-state index in [0.29, 0.717) is 48.2 Å². The fourth-order valence-corrected chi connectivity index (χ4v) is 10.7. The van der Waals surface area contributed by atoms with Gasteiger partial charge in [-0.3, -0.25) is 14.6 Å². The van der Waals surface area contributed by atoms with Crippen LogP contribution < -0.4 is 0 Å². The van der Waals surface area contributed by atoms with Crippen LogP contribution in [0.3, 0.4) is 0 Å². The summed E-state index contributed by atoms with van der Waals surface area (Å²) in [5.74, 6) is 2.42. The highest BCUT2D eigenvalue weighted by Gasteiger charge is 2.63. The number of hydrogen-bond acceptors (Lipinski definition) is 9. The van der Waals surface area contributed by atoms with Gasteiger partial charge in [-0.25, -0.2) is 0 Å². The largest absolute Gasteiger partial charge is 0.394 e. The number of Topliss-reactive ketones (excluding diaryl/α,β-unsaturated/α-hetero) is 2. The van der Waals surface area contributed by atoms with Crippen LogP contribution in [0, 0.1) is 52.3 Å². The average molecular weight is 590 g/mol. The first-order valence-electron chi connectivity index (χ1n) is 16.4. The maximum Gasteiger partial charge on any atom is 0.186 e. The second-order valence-electron chi connectivity index (χ2n) is 15.3. The number of carbonyl (C=O) groups is 2. The quantitative estimate of drug-likeness (QED) is 0.346. The minimum absolute atomic E-state index is 0.0294. The van der Waals surface area contributed by atoms with Crippen LogP contribution in [0.4, 0.5) is 0 Å². The molecule has 6 rings (SSSR count). The third-order valence-electron chi connectivity index (χ3n) is 13.1. The molecule has 1 saturated heterocycles. The third kappa shape index (κ3) is 4.85. The smallest absolute Gasteiger partial charge is 0.186 e. The zero-order valence-electron chi connectivity index (χ0n) is 25.7. The molecule has 236 valence electrons. The molecule has 2 aliphatic heterocycles. The van der Waals surface area contributed by atoms with Crippen LogP contribution in [0.25, 0.3) is 0 Å². The van der Waals surface area contributed by atoms with Crippen molar-refractivity contribution >= 4 is 17.3 Å². The molecule has 0 radical (unpaired) electrons. The van der Waals surface area contributed by atoms with Crippen LogP contribution >= 0.6 is 0 Å². The lowest BCUT2D eigenvalue weighted by Crippen LogP contribution is -2.61. The fourth-order valence-electron chi connectivity index (χ4n) is 10.7. The number of rotatable bonds is 6. The van der Waals surface area contributed by atoms with E-state index >= 15 is 0 Å². The van der Waals surface area contributed by atoms with Crippen molar-refractivity contribution in [2.24, 2.45) is 57.2 Å². The maximum atomic E-state index is 13.9. The lowest BCUT2D eigenvalue weighted by Gasteiger charge is -2.60. The standard InChI is InChI=1S/C33H51NO8/c1-16-11-24(34-14-16)27(37)17(2)20-5-6-21-19-13-25(36)23-12-18(7-9-33(23,4)22(19)8-10-32(20,21)3)41-31-30(40)29(39)28(38)26(15-35)42-31/h16-23,26,28-31,35,38-40H,5-15H2,1-4H3/t16-,17-,18+,19+,20-,21-,22+,23-,26-,28-,29-,30-,31-,32-,33-/m1/s1. The average Bonchev–Trinajstić information content (AvgIpc) is 3.56. The van der Waals surface area contributed by atoms with E-state index in [1.807, 2.05) is 0 Å². The van der Waals surface area contributed by atoms with E-state index in [4.69, 9.17) is 9.47 Å². The highest BCUT2D eigenvalue weighted by molar-refractivity contribution is 6.41. The highest BCUT2D eigenvalue weighted by Crippen LogP contribution is 2.68. The van der Waals surface area contributed by atoms with E-state index in [0.717, 1.165) is 57.2 Å². The Kier molecular flexibility index (Phi) is 8.27. The fraction of sp³-hybridized carbons (Fsp3) is 0.909. The SMILES string of the molecule is C[C@H]1CN=C(C(=O)[C@H](C)[C@H]2CC[C@@H]3[C@@H]4CC(=O)[C@H]5C[C@@H](O[C@@H]6O[C@H](CO)[C@@H](O)[C@@H](O)[C@H]6O)CC[C@]5(C)[C@H]4CC[C@@]32C)C1. The minimum Gasteiger partial charge on any atom is -0.394 e. The number of aliphatic hydroxyl groups is 4. The molecule has 6 aliphatic rings. The predicted molar refractivity (Wildman–Crippen MR) is 155 cm³/mol. The molecular formula is C33H51NO8. The van der Waals surface area contributed by atoms with Gasteiger partial charge in [0.05, 0.1) is 18.4 Å². The van der Waals surface area contributed by atoms with E-state index in [2.05, 4.69) is 32.7 Å². The zero-order chi connectivity index (χ0) is 30.1. The van der Waals surface area contributed by atoms with E-state index in [1.54, 1.807) is 0 Å². The minimum atomic E-state index is -1.48. The van der Waals surface area contributed by atoms with E-state index in [9.17, 15) is 30.0 Å². The van der Waals surface area contributed by atoms with Gasteiger partial charge < -0.3 is 29.9 Å². The van der Waals surface area contributed by atoms with Crippen molar-refractivity contribution in [3.63, 3.8) is 0 Å². The summed E-state index contributed by atoms with van der Waals surface area (Å²) >= 11 is 0. The summed E-state index contributed by atoms with van der Waals surface area (Å²) in [7, 11) is 0. The molecule has 4 saturated carbocycles. The molecule has 0 aromatic rings. The molecule has 0 aromatic heterocycles. The third-order valence-corrected chi connectivity index (χ3v) is 13.1. The monoisotopic (exact) mass is 589 g/mol. The summed E-state index contributed by atoms with van der Waals surface area (Å²) in [6.45, 7) is 9.25. The number of hydrogen-bond donors (Lipinski definition) is 4. The number of fused-ring (bicyclic) bond motifs is 5. The van der Waals surface area contributed by atoms with Crippen LogP contribution in [-0.2, 0) is 19.1 Å². The van der Waals surface area contributed by atoms with Crippen molar-refractivity contribution in [3.8, 4) is 0 Å². The summed E-state index contributed by atoms with van der Waals surface area (Å²) in [6.07, 6.45) is 0.930. The van der Waals surface area contributed by atoms with Crippen molar-refractivity contribution in [2.75, 3.05) is 13.2 Å². The number of carbonyl (C=O) groups excluding carboxylic acids is 2. The molecule has 4 aliphatic carbocycles. The molecule has 2 heterocycles. The second kappa shape index (κ2) is 11.3. The number of ketones is 2. The number of ether oxygens (including phenoxy) is 2. The first kappa shape index (κ1) is 30.8. The van der Waals surface area contributed by atoms with Crippen LogP contribution in [0.1, 0.15) is 85.5 Å². The first-order valence-corrected chi connectivity index (χ1v) is 16.4. The first-order chi connectivity index (χ1) is 19.9. The predicted octanol–water partition coefficient (Wildman–Crippen LogP) is 2.70. The van der Waals surface area contributed by atoms with E-state index in [-0.39, 0.29) is 34.6 Å². The Morgan fingerprint density at radius 2 is 1.74 bits per heavy atom. The Labute approximate surface area is 249 Å². The van der Waals surface area contributed by atoms with Crippen LogP contribution in [0.2, 0.25) is 0 Å². The number of aliphatic imine (C=N–C) groups is 1. The Bertz CT molecular complexity index is 1090. The lowest BCUT2D eigenvalue weighted by molar-refractivity contribution is -0.315.